The predicted molar refractivity (Wildman–Crippen MR) is 132 cm³/mol. The predicted octanol–water partition coefficient (Wildman–Crippen LogP) is 5.45. The Kier molecular flexibility index (Phi) is 7.70. The van der Waals surface area contributed by atoms with Crippen LogP contribution in [0.1, 0.15) is 50.5 Å². The minimum atomic E-state index is -0.339. The van der Waals surface area contributed by atoms with E-state index in [0.717, 1.165) is 35.7 Å². The van der Waals surface area contributed by atoms with Gasteiger partial charge < -0.3 is 14.8 Å². The monoisotopic (exact) mass is 512 g/mol. The van der Waals surface area contributed by atoms with E-state index in [0.29, 0.717) is 17.2 Å². The van der Waals surface area contributed by atoms with E-state index < -0.39 is 0 Å². The second kappa shape index (κ2) is 10.9. The van der Waals surface area contributed by atoms with Crippen molar-refractivity contribution in [3.63, 3.8) is 0 Å². The zero-order valence-electron chi connectivity index (χ0n) is 18.8. The summed E-state index contributed by atoms with van der Waals surface area (Å²) in [6.07, 6.45) is 9.66. The third kappa shape index (κ3) is 5.77. The van der Waals surface area contributed by atoms with Crippen LogP contribution in [0.5, 0.6) is 11.5 Å². The zero-order chi connectivity index (χ0) is 23.2. The molecule has 0 spiro atoms. The van der Waals surface area contributed by atoms with Gasteiger partial charge in [0, 0.05) is 6.04 Å². The van der Waals surface area contributed by atoms with Crippen LogP contribution in [0.4, 0.5) is 5.69 Å². The van der Waals surface area contributed by atoms with Gasteiger partial charge in [-0.3, -0.25) is 14.5 Å². The van der Waals surface area contributed by atoms with Crippen LogP contribution in [0.25, 0.3) is 6.08 Å². The maximum Gasteiger partial charge on any atom is 0.294 e. The second-order valence-electron chi connectivity index (χ2n) is 8.47. The van der Waals surface area contributed by atoms with Gasteiger partial charge in [-0.15, -0.1) is 0 Å². The standard InChI is InChI=1S/C26H29BrN2O4/c1-32-22-14-13-18(15-20(22)27)16-24-26(31)29(21-11-7-8-12-23(21)33-24)17-25(30)28-19-9-5-3-2-4-6-10-19/h7-8,11-16,19H,2-6,9-10,17H2,1H3,(H,28,30)/b24-16-. The number of hydrogen-bond acceptors (Lipinski definition) is 4. The molecule has 174 valence electrons. The second-order valence-corrected chi connectivity index (χ2v) is 9.33. The van der Waals surface area contributed by atoms with Gasteiger partial charge in [0.25, 0.3) is 5.91 Å². The lowest BCUT2D eigenvalue weighted by Crippen LogP contribution is -2.46. The Balaban J connectivity index is 1.54. The van der Waals surface area contributed by atoms with Gasteiger partial charge in [0.1, 0.15) is 12.3 Å². The topological polar surface area (TPSA) is 67.9 Å². The number of nitrogens with one attached hydrogen (secondary N) is 1. The average Bonchev–Trinajstić information content (AvgIpc) is 2.78. The first kappa shape index (κ1) is 23.4. The fraction of sp³-hybridized carbons (Fsp3) is 0.385. The van der Waals surface area contributed by atoms with Crippen LogP contribution in [0.15, 0.2) is 52.7 Å². The van der Waals surface area contributed by atoms with Gasteiger partial charge in [0.05, 0.1) is 17.3 Å². The summed E-state index contributed by atoms with van der Waals surface area (Å²) in [6.45, 7) is -0.0423. The number of ether oxygens (including phenoxy) is 2. The van der Waals surface area contributed by atoms with Gasteiger partial charge in [-0.05, 0) is 64.7 Å². The minimum Gasteiger partial charge on any atom is -0.496 e. The van der Waals surface area contributed by atoms with Crippen LogP contribution in [-0.4, -0.2) is 31.5 Å². The molecule has 1 heterocycles. The molecule has 1 aliphatic carbocycles. The Morgan fingerprint density at radius 2 is 1.88 bits per heavy atom. The summed E-state index contributed by atoms with van der Waals surface area (Å²) >= 11 is 3.47. The molecule has 2 aromatic carbocycles. The Bertz CT molecular complexity index is 1040. The van der Waals surface area contributed by atoms with E-state index >= 15 is 0 Å². The van der Waals surface area contributed by atoms with Crippen molar-refractivity contribution in [1.82, 2.24) is 5.32 Å². The molecule has 0 unspecified atom stereocenters. The van der Waals surface area contributed by atoms with Crippen molar-refractivity contribution in [2.45, 2.75) is 51.0 Å². The summed E-state index contributed by atoms with van der Waals surface area (Å²) in [5.41, 5.74) is 1.38. The highest BCUT2D eigenvalue weighted by atomic mass is 79.9. The normalized spacial score (nSPS) is 18.2. The largest absolute Gasteiger partial charge is 0.496 e. The van der Waals surface area contributed by atoms with E-state index in [9.17, 15) is 9.59 Å². The fourth-order valence-electron chi connectivity index (χ4n) is 4.36. The van der Waals surface area contributed by atoms with Gasteiger partial charge in [0.2, 0.25) is 5.91 Å². The van der Waals surface area contributed by atoms with Gasteiger partial charge >= 0.3 is 0 Å². The highest BCUT2D eigenvalue weighted by molar-refractivity contribution is 9.10. The molecular weight excluding hydrogens is 484 g/mol. The molecular formula is C26H29BrN2O4. The molecule has 7 heteroatoms. The molecule has 0 saturated heterocycles. The van der Waals surface area contributed by atoms with Crippen molar-refractivity contribution < 1.29 is 19.1 Å². The van der Waals surface area contributed by atoms with E-state index in [1.807, 2.05) is 30.3 Å². The Hall–Kier alpha value is -2.80. The summed E-state index contributed by atoms with van der Waals surface area (Å²) in [7, 11) is 1.60. The highest BCUT2D eigenvalue weighted by Crippen LogP contribution is 2.36. The number of carbonyl (C=O) groups is 2. The van der Waals surface area contributed by atoms with E-state index in [4.69, 9.17) is 9.47 Å². The molecule has 2 amide bonds. The summed E-state index contributed by atoms with van der Waals surface area (Å²) < 4.78 is 12.0. The Morgan fingerprint density at radius 1 is 1.15 bits per heavy atom. The Morgan fingerprint density at radius 3 is 2.61 bits per heavy atom. The number of hydrogen-bond donors (Lipinski definition) is 1. The summed E-state index contributed by atoms with van der Waals surface area (Å²) in [5, 5.41) is 3.16. The maximum atomic E-state index is 13.3. The number of rotatable bonds is 5. The molecule has 2 aliphatic rings. The molecule has 0 aromatic heterocycles. The number of fused-ring (bicyclic) bond motifs is 1. The number of anilines is 1. The third-order valence-electron chi connectivity index (χ3n) is 6.08. The number of para-hydroxylation sites is 2. The van der Waals surface area contributed by atoms with Crippen molar-refractivity contribution in [2.75, 3.05) is 18.6 Å². The van der Waals surface area contributed by atoms with Crippen molar-refractivity contribution >= 4 is 39.5 Å². The number of amides is 2. The molecule has 1 saturated carbocycles. The first-order valence-corrected chi connectivity index (χ1v) is 12.3. The first-order valence-electron chi connectivity index (χ1n) is 11.5. The van der Waals surface area contributed by atoms with Crippen molar-refractivity contribution in [3.8, 4) is 11.5 Å². The van der Waals surface area contributed by atoms with Crippen LogP contribution in [0, 0.1) is 0 Å². The quantitative estimate of drug-likeness (QED) is 0.540. The molecule has 0 bridgehead atoms. The average molecular weight is 513 g/mol. The van der Waals surface area contributed by atoms with Gasteiger partial charge in [0.15, 0.2) is 11.5 Å². The van der Waals surface area contributed by atoms with Crippen LogP contribution < -0.4 is 19.7 Å². The molecule has 4 rings (SSSR count). The summed E-state index contributed by atoms with van der Waals surface area (Å²) in [5.74, 6) is 0.940. The molecule has 1 aliphatic heterocycles. The zero-order valence-corrected chi connectivity index (χ0v) is 20.4. The van der Waals surface area contributed by atoms with Gasteiger partial charge in [-0.1, -0.05) is 50.3 Å². The minimum absolute atomic E-state index is 0.0423. The van der Waals surface area contributed by atoms with E-state index in [2.05, 4.69) is 21.2 Å². The fourth-order valence-corrected chi connectivity index (χ4v) is 4.92. The molecule has 33 heavy (non-hydrogen) atoms. The first-order chi connectivity index (χ1) is 16.0. The highest BCUT2D eigenvalue weighted by Gasteiger charge is 2.32. The molecule has 2 aromatic rings. The third-order valence-corrected chi connectivity index (χ3v) is 6.70. The van der Waals surface area contributed by atoms with Crippen LogP contribution in [-0.2, 0) is 9.59 Å². The van der Waals surface area contributed by atoms with Crippen molar-refractivity contribution in [3.05, 3.63) is 58.3 Å². The SMILES string of the molecule is COc1ccc(/C=C2\Oc3ccccc3N(CC(=O)NC3CCCCCCC3)C2=O)cc1Br. The van der Waals surface area contributed by atoms with Gasteiger partial charge in [-0.2, -0.15) is 0 Å². The van der Waals surface area contributed by atoms with E-state index in [-0.39, 0.29) is 30.2 Å². The van der Waals surface area contributed by atoms with Crippen molar-refractivity contribution in [1.29, 1.82) is 0 Å². The molecule has 6 nitrogen and oxygen atoms in total. The van der Waals surface area contributed by atoms with Crippen LogP contribution in [0.3, 0.4) is 0 Å². The van der Waals surface area contributed by atoms with E-state index in [1.165, 1.54) is 24.2 Å². The molecule has 1 fully saturated rings. The van der Waals surface area contributed by atoms with E-state index in [1.54, 1.807) is 25.3 Å². The van der Waals surface area contributed by atoms with Crippen LogP contribution >= 0.6 is 15.9 Å². The number of methoxy groups -OCH3 is 1. The smallest absolute Gasteiger partial charge is 0.294 e. The number of carbonyl (C=O) groups excluding carboxylic acids is 2. The Labute approximate surface area is 203 Å². The lowest BCUT2D eigenvalue weighted by atomic mass is 9.97. The number of benzene rings is 2. The molecule has 0 atom stereocenters. The lowest BCUT2D eigenvalue weighted by molar-refractivity contribution is -0.124. The lowest BCUT2D eigenvalue weighted by Gasteiger charge is -2.31. The van der Waals surface area contributed by atoms with Crippen LogP contribution in [0.2, 0.25) is 0 Å². The molecule has 0 radical (unpaired) electrons. The summed E-state index contributed by atoms with van der Waals surface area (Å²) in [6, 6.07) is 13.0. The summed E-state index contributed by atoms with van der Waals surface area (Å²) in [4.78, 5) is 27.8. The molecule has 1 N–H and O–H groups in total. The number of halogens is 1. The van der Waals surface area contributed by atoms with Gasteiger partial charge in [-0.25, -0.2) is 0 Å². The number of nitrogens with zero attached hydrogens (tertiary/aromatic N) is 1. The van der Waals surface area contributed by atoms with Crippen molar-refractivity contribution in [2.24, 2.45) is 0 Å². The maximum absolute atomic E-state index is 13.3.